The highest BCUT2D eigenvalue weighted by molar-refractivity contribution is 9.10. The fraction of sp³-hybridized carbons (Fsp3) is 0.533. The first-order chi connectivity index (χ1) is 9.83. The Morgan fingerprint density at radius 2 is 1.95 bits per heavy atom. The van der Waals surface area contributed by atoms with E-state index in [0.717, 1.165) is 36.3 Å². The molecule has 2 rings (SSSR count). The van der Waals surface area contributed by atoms with Crippen LogP contribution in [0, 0.1) is 5.82 Å². The standard InChI is InChI=1S/C10H12BrFN2.C5H10O2/c11-9-7-8(12)1-2-10(9)14-5-3-13-4-6-14;1-5(2,3)7-4-6/h1-2,7,13H,3-6H2;4H,1-3H3. The second-order valence-electron chi connectivity index (χ2n) is 5.66. The highest BCUT2D eigenvalue weighted by Gasteiger charge is 2.13. The van der Waals surface area contributed by atoms with E-state index in [9.17, 15) is 9.18 Å². The molecule has 0 unspecified atom stereocenters. The summed E-state index contributed by atoms with van der Waals surface area (Å²) < 4.78 is 18.2. The van der Waals surface area contributed by atoms with Crippen molar-refractivity contribution in [3.05, 3.63) is 28.5 Å². The van der Waals surface area contributed by atoms with Crippen LogP contribution in [0.25, 0.3) is 0 Å². The first-order valence-corrected chi connectivity index (χ1v) is 7.65. The normalized spacial score (nSPS) is 15.0. The molecule has 1 N–H and O–H groups in total. The zero-order chi connectivity index (χ0) is 15.9. The predicted octanol–water partition coefficient (Wildman–Crippen LogP) is 2.96. The molecule has 0 radical (unpaired) electrons. The van der Waals surface area contributed by atoms with Gasteiger partial charge in [0.2, 0.25) is 0 Å². The van der Waals surface area contributed by atoms with Gasteiger partial charge in [-0.05, 0) is 54.9 Å². The highest BCUT2D eigenvalue weighted by atomic mass is 79.9. The molecular formula is C15H22BrFN2O2. The molecule has 0 amide bonds. The molecule has 0 saturated carbocycles. The molecule has 4 nitrogen and oxygen atoms in total. The first-order valence-electron chi connectivity index (χ1n) is 6.85. The Morgan fingerprint density at radius 3 is 2.38 bits per heavy atom. The topological polar surface area (TPSA) is 41.6 Å². The van der Waals surface area contributed by atoms with E-state index in [2.05, 4.69) is 30.9 Å². The van der Waals surface area contributed by atoms with Crippen LogP contribution in [0.2, 0.25) is 0 Å². The average Bonchev–Trinajstić information content (AvgIpc) is 2.39. The van der Waals surface area contributed by atoms with Gasteiger partial charge in [0, 0.05) is 30.7 Å². The Hall–Kier alpha value is -1.14. The molecule has 21 heavy (non-hydrogen) atoms. The fourth-order valence-corrected chi connectivity index (χ4v) is 2.39. The SMILES string of the molecule is CC(C)(C)OC=O.Fc1ccc(N2CCNCC2)c(Br)c1. The molecule has 1 heterocycles. The van der Waals surface area contributed by atoms with Gasteiger partial charge in [0.1, 0.15) is 11.4 Å². The Labute approximate surface area is 133 Å². The zero-order valence-corrected chi connectivity index (χ0v) is 14.2. The van der Waals surface area contributed by atoms with E-state index in [-0.39, 0.29) is 11.4 Å². The molecule has 1 saturated heterocycles. The summed E-state index contributed by atoms with van der Waals surface area (Å²) in [6.07, 6.45) is 0. The lowest BCUT2D eigenvalue weighted by molar-refractivity contribution is -0.138. The van der Waals surface area contributed by atoms with E-state index in [0.29, 0.717) is 6.47 Å². The second kappa shape index (κ2) is 8.34. The van der Waals surface area contributed by atoms with Gasteiger partial charge < -0.3 is 15.0 Å². The maximum Gasteiger partial charge on any atom is 0.293 e. The van der Waals surface area contributed by atoms with Crippen LogP contribution in [0.3, 0.4) is 0 Å². The number of halogens is 2. The van der Waals surface area contributed by atoms with Crippen molar-refractivity contribution in [2.75, 3.05) is 31.1 Å². The number of rotatable bonds is 2. The summed E-state index contributed by atoms with van der Waals surface area (Å²) in [4.78, 5) is 11.8. The molecule has 1 aliphatic rings. The van der Waals surface area contributed by atoms with Gasteiger partial charge in [-0.2, -0.15) is 0 Å². The minimum absolute atomic E-state index is 0.198. The van der Waals surface area contributed by atoms with Crippen LogP contribution in [-0.2, 0) is 9.53 Å². The molecule has 1 fully saturated rings. The molecule has 0 aliphatic carbocycles. The number of benzene rings is 1. The van der Waals surface area contributed by atoms with Crippen LogP contribution in [0.4, 0.5) is 10.1 Å². The number of nitrogens with one attached hydrogen (secondary N) is 1. The molecular weight excluding hydrogens is 339 g/mol. The van der Waals surface area contributed by atoms with Gasteiger partial charge in [0.25, 0.3) is 6.47 Å². The number of hydrogen-bond donors (Lipinski definition) is 1. The summed E-state index contributed by atoms with van der Waals surface area (Å²) >= 11 is 3.38. The highest BCUT2D eigenvalue weighted by Crippen LogP contribution is 2.26. The molecule has 0 bridgehead atoms. The maximum atomic E-state index is 12.9. The number of nitrogens with zero attached hydrogens (tertiary/aromatic N) is 1. The Bertz CT molecular complexity index is 457. The van der Waals surface area contributed by atoms with E-state index in [1.54, 1.807) is 0 Å². The van der Waals surface area contributed by atoms with Crippen LogP contribution >= 0.6 is 15.9 Å². The molecule has 1 aliphatic heterocycles. The van der Waals surface area contributed by atoms with E-state index in [4.69, 9.17) is 0 Å². The summed E-state index contributed by atoms with van der Waals surface area (Å²) in [6.45, 7) is 9.85. The van der Waals surface area contributed by atoms with Gasteiger partial charge in [-0.25, -0.2) is 4.39 Å². The van der Waals surface area contributed by atoms with Gasteiger partial charge in [-0.15, -0.1) is 0 Å². The zero-order valence-electron chi connectivity index (χ0n) is 12.7. The van der Waals surface area contributed by atoms with Gasteiger partial charge in [0.05, 0.1) is 5.69 Å². The number of carbonyl (C=O) groups excluding carboxylic acids is 1. The minimum Gasteiger partial charge on any atom is -0.462 e. The molecule has 1 aromatic carbocycles. The van der Waals surface area contributed by atoms with E-state index in [1.807, 2.05) is 26.8 Å². The smallest absolute Gasteiger partial charge is 0.293 e. The first kappa shape index (κ1) is 17.9. The monoisotopic (exact) mass is 360 g/mol. The number of anilines is 1. The van der Waals surface area contributed by atoms with Crippen molar-refractivity contribution in [3.63, 3.8) is 0 Å². The Morgan fingerprint density at radius 1 is 1.33 bits per heavy atom. The maximum absolute atomic E-state index is 12.9. The van der Waals surface area contributed by atoms with E-state index < -0.39 is 0 Å². The summed E-state index contributed by atoms with van der Waals surface area (Å²) in [5.74, 6) is -0.198. The third-order valence-corrected chi connectivity index (χ3v) is 3.40. The van der Waals surface area contributed by atoms with Crippen LogP contribution in [-0.4, -0.2) is 38.3 Å². The number of ether oxygens (including phenoxy) is 1. The largest absolute Gasteiger partial charge is 0.462 e. The van der Waals surface area contributed by atoms with Gasteiger partial charge in [-0.3, -0.25) is 4.79 Å². The van der Waals surface area contributed by atoms with Crippen LogP contribution < -0.4 is 10.2 Å². The summed E-state index contributed by atoms with van der Waals surface area (Å²) in [7, 11) is 0. The van der Waals surface area contributed by atoms with E-state index in [1.165, 1.54) is 12.1 Å². The quantitative estimate of drug-likeness (QED) is 0.823. The van der Waals surface area contributed by atoms with E-state index >= 15 is 0 Å². The third-order valence-electron chi connectivity index (χ3n) is 2.77. The average molecular weight is 361 g/mol. The Kier molecular flexibility index (Phi) is 7.11. The van der Waals surface area contributed by atoms with Crippen molar-refractivity contribution in [1.82, 2.24) is 5.32 Å². The van der Waals surface area contributed by atoms with Gasteiger partial charge >= 0.3 is 0 Å². The van der Waals surface area contributed by atoms with Crippen LogP contribution in [0.15, 0.2) is 22.7 Å². The molecule has 0 spiro atoms. The summed E-state index contributed by atoms with van der Waals surface area (Å²) in [5.41, 5.74) is 0.759. The van der Waals surface area contributed by atoms with Gasteiger partial charge in [-0.1, -0.05) is 0 Å². The number of carbonyl (C=O) groups is 1. The lowest BCUT2D eigenvalue weighted by Gasteiger charge is -2.30. The lowest BCUT2D eigenvalue weighted by atomic mass is 10.2. The van der Waals surface area contributed by atoms with Crippen LogP contribution in [0.1, 0.15) is 20.8 Å². The van der Waals surface area contributed by atoms with Crippen molar-refractivity contribution in [1.29, 1.82) is 0 Å². The summed E-state index contributed by atoms with van der Waals surface area (Å²) in [5, 5.41) is 3.28. The molecule has 6 heteroatoms. The van der Waals surface area contributed by atoms with Gasteiger partial charge in [0.15, 0.2) is 0 Å². The van der Waals surface area contributed by atoms with Crippen LogP contribution in [0.5, 0.6) is 0 Å². The molecule has 118 valence electrons. The summed E-state index contributed by atoms with van der Waals surface area (Å²) in [6, 6.07) is 4.84. The van der Waals surface area contributed by atoms with Crippen molar-refractivity contribution < 1.29 is 13.9 Å². The van der Waals surface area contributed by atoms with Crippen molar-refractivity contribution in [3.8, 4) is 0 Å². The minimum atomic E-state index is -0.318. The Balaban J connectivity index is 0.000000270. The fourth-order valence-electron chi connectivity index (χ4n) is 1.79. The molecule has 1 aromatic rings. The number of piperazine rings is 1. The number of hydrogen-bond acceptors (Lipinski definition) is 4. The lowest BCUT2D eigenvalue weighted by Crippen LogP contribution is -2.43. The van der Waals surface area contributed by atoms with Crippen molar-refractivity contribution >= 4 is 28.1 Å². The van der Waals surface area contributed by atoms with Crippen molar-refractivity contribution in [2.24, 2.45) is 0 Å². The van der Waals surface area contributed by atoms with Crippen molar-refractivity contribution in [2.45, 2.75) is 26.4 Å². The molecule has 0 atom stereocenters. The predicted molar refractivity (Wildman–Crippen MR) is 86.1 cm³/mol. The second-order valence-corrected chi connectivity index (χ2v) is 6.51. The molecule has 0 aromatic heterocycles. The third kappa shape index (κ3) is 6.91.